The van der Waals surface area contributed by atoms with E-state index in [0.717, 1.165) is 6.07 Å². The second-order valence-electron chi connectivity index (χ2n) is 3.72. The SMILES string of the molecule is N#Cc1cc(F)cc(-c2ccc(C(=O)O)cc2)c1. The lowest BCUT2D eigenvalue weighted by atomic mass is 10.0. The second-order valence-corrected chi connectivity index (χ2v) is 3.72. The van der Waals surface area contributed by atoms with Crippen molar-refractivity contribution in [2.24, 2.45) is 0 Å². The molecule has 88 valence electrons. The van der Waals surface area contributed by atoms with Gasteiger partial charge < -0.3 is 5.11 Å². The maximum absolute atomic E-state index is 13.3. The summed E-state index contributed by atoms with van der Waals surface area (Å²) in [5.41, 5.74) is 1.60. The lowest BCUT2D eigenvalue weighted by molar-refractivity contribution is 0.0697. The average Bonchev–Trinajstić information content (AvgIpc) is 2.38. The van der Waals surface area contributed by atoms with E-state index in [2.05, 4.69) is 0 Å². The van der Waals surface area contributed by atoms with E-state index in [1.54, 1.807) is 18.2 Å². The lowest BCUT2D eigenvalue weighted by Crippen LogP contribution is -1.95. The number of nitrogens with zero attached hydrogens (tertiary/aromatic N) is 1. The molecule has 0 aliphatic carbocycles. The molecule has 4 heteroatoms. The van der Waals surface area contributed by atoms with E-state index < -0.39 is 11.8 Å². The maximum atomic E-state index is 13.3. The summed E-state index contributed by atoms with van der Waals surface area (Å²) in [4.78, 5) is 10.7. The molecule has 0 spiro atoms. The summed E-state index contributed by atoms with van der Waals surface area (Å²) in [7, 11) is 0. The van der Waals surface area contributed by atoms with Crippen LogP contribution < -0.4 is 0 Å². The molecule has 2 rings (SSSR count). The molecule has 0 fully saturated rings. The molecule has 0 saturated carbocycles. The number of carboxylic acid groups (broad SMARTS) is 1. The number of rotatable bonds is 2. The largest absolute Gasteiger partial charge is 0.478 e. The average molecular weight is 241 g/mol. The molecule has 0 aromatic heterocycles. The van der Waals surface area contributed by atoms with E-state index >= 15 is 0 Å². The maximum Gasteiger partial charge on any atom is 0.335 e. The minimum Gasteiger partial charge on any atom is -0.478 e. The van der Waals surface area contributed by atoms with Crippen LogP contribution in [0.4, 0.5) is 4.39 Å². The van der Waals surface area contributed by atoms with E-state index in [1.165, 1.54) is 18.2 Å². The molecule has 0 unspecified atom stereocenters. The Morgan fingerprint density at radius 1 is 1.11 bits per heavy atom. The van der Waals surface area contributed by atoms with E-state index in [1.807, 2.05) is 6.07 Å². The second kappa shape index (κ2) is 4.68. The van der Waals surface area contributed by atoms with Crippen molar-refractivity contribution in [1.29, 1.82) is 5.26 Å². The van der Waals surface area contributed by atoms with Gasteiger partial charge in [-0.2, -0.15) is 5.26 Å². The molecule has 0 saturated heterocycles. The van der Waals surface area contributed by atoms with E-state index in [9.17, 15) is 9.18 Å². The Balaban J connectivity index is 2.46. The third-order valence-electron chi connectivity index (χ3n) is 2.49. The van der Waals surface area contributed by atoms with Gasteiger partial charge in [0.1, 0.15) is 5.82 Å². The van der Waals surface area contributed by atoms with Crippen LogP contribution in [0.25, 0.3) is 11.1 Å². The van der Waals surface area contributed by atoms with Gasteiger partial charge in [-0.05, 0) is 41.5 Å². The molecule has 0 aliphatic heterocycles. The minimum atomic E-state index is -1.02. The minimum absolute atomic E-state index is 0.163. The van der Waals surface area contributed by atoms with Crippen molar-refractivity contribution in [2.75, 3.05) is 0 Å². The number of halogens is 1. The highest BCUT2D eigenvalue weighted by Gasteiger charge is 2.05. The zero-order valence-electron chi connectivity index (χ0n) is 9.22. The van der Waals surface area contributed by atoms with Crippen molar-refractivity contribution in [3.63, 3.8) is 0 Å². The number of aromatic carboxylic acids is 1. The lowest BCUT2D eigenvalue weighted by Gasteiger charge is -2.03. The summed E-state index contributed by atoms with van der Waals surface area (Å²) in [6.45, 7) is 0. The van der Waals surface area contributed by atoms with Crippen LogP contribution in [0.5, 0.6) is 0 Å². The van der Waals surface area contributed by atoms with Gasteiger partial charge in [0.25, 0.3) is 0 Å². The summed E-state index contributed by atoms with van der Waals surface area (Å²) in [6.07, 6.45) is 0. The van der Waals surface area contributed by atoms with Crippen LogP contribution in [0.3, 0.4) is 0 Å². The highest BCUT2D eigenvalue weighted by atomic mass is 19.1. The number of benzene rings is 2. The molecule has 0 aliphatic rings. The number of carboxylic acids is 1. The van der Waals surface area contributed by atoms with Crippen molar-refractivity contribution in [3.8, 4) is 17.2 Å². The Morgan fingerprint density at radius 3 is 2.33 bits per heavy atom. The predicted octanol–water partition coefficient (Wildman–Crippen LogP) is 3.06. The summed E-state index contributed by atoms with van der Waals surface area (Å²) in [6, 6.07) is 11.9. The van der Waals surface area contributed by atoms with Gasteiger partial charge in [-0.25, -0.2) is 9.18 Å². The molecule has 1 N–H and O–H groups in total. The first-order valence-electron chi connectivity index (χ1n) is 5.14. The van der Waals surface area contributed by atoms with E-state index in [4.69, 9.17) is 10.4 Å². The molecular formula is C14H8FNO2. The monoisotopic (exact) mass is 241 g/mol. The Bertz CT molecular complexity index is 642. The van der Waals surface area contributed by atoms with Crippen LogP contribution in [-0.4, -0.2) is 11.1 Å². The summed E-state index contributed by atoms with van der Waals surface area (Å²) in [5.74, 6) is -1.51. The zero-order valence-corrected chi connectivity index (χ0v) is 9.22. The molecule has 0 amide bonds. The van der Waals surface area contributed by atoms with Gasteiger partial charge in [-0.3, -0.25) is 0 Å². The number of hydrogen-bond donors (Lipinski definition) is 1. The fraction of sp³-hybridized carbons (Fsp3) is 0. The topological polar surface area (TPSA) is 61.1 Å². The molecule has 18 heavy (non-hydrogen) atoms. The van der Waals surface area contributed by atoms with Crippen molar-refractivity contribution in [2.45, 2.75) is 0 Å². The Kier molecular flexibility index (Phi) is 3.07. The molecule has 0 bridgehead atoms. The predicted molar refractivity (Wildman–Crippen MR) is 63.5 cm³/mol. The first-order valence-corrected chi connectivity index (χ1v) is 5.14. The summed E-state index contributed by atoms with van der Waals surface area (Å²) in [5, 5.41) is 17.5. The van der Waals surface area contributed by atoms with Gasteiger partial charge in [-0.15, -0.1) is 0 Å². The standard InChI is InChI=1S/C14H8FNO2/c15-13-6-9(8-16)5-12(7-13)10-1-3-11(4-2-10)14(17)18/h1-7H,(H,17,18). The van der Waals surface area contributed by atoms with Gasteiger partial charge in [0.15, 0.2) is 0 Å². The van der Waals surface area contributed by atoms with Gasteiger partial charge in [0.2, 0.25) is 0 Å². The highest BCUT2D eigenvalue weighted by Crippen LogP contribution is 2.22. The Hall–Kier alpha value is -2.67. The number of hydrogen-bond acceptors (Lipinski definition) is 2. The van der Waals surface area contributed by atoms with Gasteiger partial charge in [0.05, 0.1) is 17.2 Å². The molecule has 0 radical (unpaired) electrons. The number of nitriles is 1. The molecular weight excluding hydrogens is 233 g/mol. The van der Waals surface area contributed by atoms with Crippen LogP contribution in [0.15, 0.2) is 42.5 Å². The third kappa shape index (κ3) is 2.36. The smallest absolute Gasteiger partial charge is 0.335 e. The van der Waals surface area contributed by atoms with Gasteiger partial charge >= 0.3 is 5.97 Å². The van der Waals surface area contributed by atoms with Crippen molar-refractivity contribution < 1.29 is 14.3 Å². The van der Waals surface area contributed by atoms with E-state index in [0.29, 0.717) is 11.1 Å². The number of carbonyl (C=O) groups is 1. The van der Waals surface area contributed by atoms with Gasteiger partial charge in [0, 0.05) is 0 Å². The zero-order chi connectivity index (χ0) is 13.1. The molecule has 2 aromatic rings. The molecule has 0 atom stereocenters. The fourth-order valence-electron chi connectivity index (χ4n) is 1.63. The van der Waals surface area contributed by atoms with Crippen molar-refractivity contribution >= 4 is 5.97 Å². The van der Waals surface area contributed by atoms with Crippen LogP contribution in [0.1, 0.15) is 15.9 Å². The van der Waals surface area contributed by atoms with Crippen LogP contribution in [0, 0.1) is 17.1 Å². The Morgan fingerprint density at radius 2 is 1.78 bits per heavy atom. The molecule has 0 heterocycles. The Labute approximate surface area is 103 Å². The van der Waals surface area contributed by atoms with E-state index in [-0.39, 0.29) is 11.1 Å². The van der Waals surface area contributed by atoms with Crippen molar-refractivity contribution in [1.82, 2.24) is 0 Å². The molecule has 2 aromatic carbocycles. The fourth-order valence-corrected chi connectivity index (χ4v) is 1.63. The first-order chi connectivity index (χ1) is 8.60. The van der Waals surface area contributed by atoms with Crippen LogP contribution in [0.2, 0.25) is 0 Å². The van der Waals surface area contributed by atoms with Crippen LogP contribution >= 0.6 is 0 Å². The van der Waals surface area contributed by atoms with Crippen LogP contribution in [-0.2, 0) is 0 Å². The quantitative estimate of drug-likeness (QED) is 0.878. The first kappa shape index (κ1) is 11.8. The summed E-state index contributed by atoms with van der Waals surface area (Å²) >= 11 is 0. The third-order valence-corrected chi connectivity index (χ3v) is 2.49. The molecule has 3 nitrogen and oxygen atoms in total. The van der Waals surface area contributed by atoms with Gasteiger partial charge in [-0.1, -0.05) is 12.1 Å². The highest BCUT2D eigenvalue weighted by molar-refractivity contribution is 5.88. The normalized spacial score (nSPS) is 9.78. The van der Waals surface area contributed by atoms with Crippen molar-refractivity contribution in [3.05, 3.63) is 59.4 Å². The summed E-state index contributed by atoms with van der Waals surface area (Å²) < 4.78 is 13.3.